The number of rotatable bonds is 5. The average molecular weight is 309 g/mol. The van der Waals surface area contributed by atoms with Crippen LogP contribution in [0.4, 0.5) is 0 Å². The Morgan fingerprint density at radius 2 is 1.71 bits per heavy atom. The molecule has 0 radical (unpaired) electrons. The molecule has 0 spiro atoms. The predicted octanol–water partition coefficient (Wildman–Crippen LogP) is 3.25. The molecule has 0 saturated carbocycles. The molecule has 4 nitrogen and oxygen atoms in total. The quantitative estimate of drug-likeness (QED) is 0.670. The van der Waals surface area contributed by atoms with Gasteiger partial charge in [-0.1, -0.05) is 51.1 Å². The van der Waals surface area contributed by atoms with Gasteiger partial charge < -0.3 is 14.9 Å². The molecule has 1 aromatic carbocycles. The molecule has 2 N–H and O–H groups in total. The lowest BCUT2D eigenvalue weighted by atomic mass is 10.0. The van der Waals surface area contributed by atoms with Crippen LogP contribution in [0.5, 0.6) is 0 Å². The third-order valence-electron chi connectivity index (χ3n) is 4.16. The standard InChI is InChI=1S/C16H27NO3Si/c1-16(2,3)21(5,6)20-14(13(17)15(18)19-4)12-10-8-7-9-11-12/h7-11,13-14H,17H2,1-6H3/t13-,14-/m1/s1. The highest BCUT2D eigenvalue weighted by Gasteiger charge is 2.42. The first kappa shape index (κ1) is 17.9. The smallest absolute Gasteiger partial charge is 0.325 e. The van der Waals surface area contributed by atoms with Crippen molar-refractivity contribution in [3.8, 4) is 0 Å². The maximum Gasteiger partial charge on any atom is 0.325 e. The summed E-state index contributed by atoms with van der Waals surface area (Å²) in [6.07, 6.45) is -0.487. The van der Waals surface area contributed by atoms with Crippen molar-refractivity contribution in [2.24, 2.45) is 5.73 Å². The summed E-state index contributed by atoms with van der Waals surface area (Å²) in [5.41, 5.74) is 6.98. The highest BCUT2D eigenvalue weighted by Crippen LogP contribution is 2.40. The molecule has 0 fully saturated rings. The molecule has 21 heavy (non-hydrogen) atoms. The van der Waals surface area contributed by atoms with E-state index in [2.05, 4.69) is 33.9 Å². The van der Waals surface area contributed by atoms with Crippen LogP contribution < -0.4 is 5.73 Å². The Labute approximate surface area is 128 Å². The number of benzene rings is 1. The summed E-state index contributed by atoms with van der Waals surface area (Å²) in [7, 11) is -0.716. The second-order valence-corrected chi connectivity index (χ2v) is 11.5. The highest BCUT2D eigenvalue weighted by molar-refractivity contribution is 6.74. The molecular weight excluding hydrogens is 282 g/mol. The number of ether oxygens (including phenoxy) is 1. The van der Waals surface area contributed by atoms with Gasteiger partial charge in [-0.15, -0.1) is 0 Å². The third-order valence-corrected chi connectivity index (χ3v) is 8.61. The number of hydrogen-bond donors (Lipinski definition) is 1. The number of methoxy groups -OCH3 is 1. The van der Waals surface area contributed by atoms with E-state index in [9.17, 15) is 4.79 Å². The van der Waals surface area contributed by atoms with Crippen molar-refractivity contribution in [1.82, 2.24) is 0 Å². The second-order valence-electron chi connectivity index (χ2n) is 6.76. The number of carbonyl (C=O) groups is 1. The van der Waals surface area contributed by atoms with Gasteiger partial charge in [0.15, 0.2) is 8.32 Å². The summed E-state index contributed by atoms with van der Waals surface area (Å²) in [6.45, 7) is 10.8. The predicted molar refractivity (Wildman–Crippen MR) is 87.5 cm³/mol. The fraction of sp³-hybridized carbons (Fsp3) is 0.562. The van der Waals surface area contributed by atoms with E-state index in [1.807, 2.05) is 30.3 Å². The molecule has 0 aliphatic carbocycles. The minimum atomic E-state index is -2.06. The number of carbonyl (C=O) groups excluding carboxylic acids is 1. The van der Waals surface area contributed by atoms with Crippen LogP contribution >= 0.6 is 0 Å². The number of hydrogen-bond acceptors (Lipinski definition) is 4. The van der Waals surface area contributed by atoms with Crippen LogP contribution in [0.3, 0.4) is 0 Å². The second kappa shape index (κ2) is 6.73. The Balaban J connectivity index is 3.12. The van der Waals surface area contributed by atoms with E-state index in [0.717, 1.165) is 5.56 Å². The molecule has 0 amide bonds. The zero-order chi connectivity index (χ0) is 16.3. The molecule has 0 aromatic heterocycles. The molecule has 0 aliphatic heterocycles. The fourth-order valence-electron chi connectivity index (χ4n) is 1.75. The van der Waals surface area contributed by atoms with E-state index in [1.54, 1.807) is 0 Å². The average Bonchev–Trinajstić information content (AvgIpc) is 2.43. The van der Waals surface area contributed by atoms with Crippen molar-refractivity contribution in [2.45, 2.75) is 51.0 Å². The first-order chi connectivity index (χ1) is 9.60. The van der Waals surface area contributed by atoms with Crippen molar-refractivity contribution in [1.29, 1.82) is 0 Å². The molecule has 0 heterocycles. The van der Waals surface area contributed by atoms with Crippen LogP contribution in [-0.2, 0) is 14.0 Å². The number of esters is 1. The van der Waals surface area contributed by atoms with Gasteiger partial charge in [0.25, 0.3) is 0 Å². The van der Waals surface area contributed by atoms with Gasteiger partial charge in [-0.3, -0.25) is 4.79 Å². The lowest BCUT2D eigenvalue weighted by molar-refractivity contribution is -0.144. The van der Waals surface area contributed by atoms with Gasteiger partial charge in [0.2, 0.25) is 0 Å². The largest absolute Gasteiger partial charge is 0.468 e. The normalized spacial score (nSPS) is 15.4. The van der Waals surface area contributed by atoms with Crippen LogP contribution in [-0.4, -0.2) is 27.4 Å². The van der Waals surface area contributed by atoms with Crippen LogP contribution in [0.25, 0.3) is 0 Å². The van der Waals surface area contributed by atoms with Gasteiger partial charge in [0.1, 0.15) is 6.04 Å². The van der Waals surface area contributed by atoms with Crippen LogP contribution in [0, 0.1) is 0 Å². The first-order valence-electron chi connectivity index (χ1n) is 7.16. The maximum absolute atomic E-state index is 11.9. The molecule has 2 atom stereocenters. The van der Waals surface area contributed by atoms with Crippen molar-refractivity contribution in [2.75, 3.05) is 7.11 Å². The van der Waals surface area contributed by atoms with Crippen LogP contribution in [0.2, 0.25) is 18.1 Å². The van der Waals surface area contributed by atoms with Crippen molar-refractivity contribution in [3.63, 3.8) is 0 Å². The summed E-state index contributed by atoms with van der Waals surface area (Å²) in [6, 6.07) is 8.80. The summed E-state index contributed by atoms with van der Waals surface area (Å²) in [5, 5.41) is 0.0376. The summed E-state index contributed by atoms with van der Waals surface area (Å²) >= 11 is 0. The Morgan fingerprint density at radius 3 is 2.14 bits per heavy atom. The van der Waals surface area contributed by atoms with Gasteiger partial charge in [0, 0.05) is 0 Å². The summed E-state index contributed by atoms with van der Waals surface area (Å²) in [4.78, 5) is 11.9. The van der Waals surface area contributed by atoms with Crippen molar-refractivity contribution < 1.29 is 14.0 Å². The first-order valence-corrected chi connectivity index (χ1v) is 10.1. The van der Waals surface area contributed by atoms with Crippen LogP contribution in [0.15, 0.2) is 30.3 Å². The summed E-state index contributed by atoms with van der Waals surface area (Å²) in [5.74, 6) is -0.456. The Hall–Kier alpha value is -1.17. The molecule has 1 rings (SSSR count). The minimum Gasteiger partial charge on any atom is -0.468 e. The van der Waals surface area contributed by atoms with E-state index in [4.69, 9.17) is 14.9 Å². The molecule has 0 saturated heterocycles. The molecule has 0 bridgehead atoms. The third kappa shape index (κ3) is 4.39. The topological polar surface area (TPSA) is 61.5 Å². The fourth-order valence-corrected chi connectivity index (χ4v) is 3.02. The van der Waals surface area contributed by atoms with Crippen LogP contribution in [0.1, 0.15) is 32.4 Å². The number of nitrogens with two attached hydrogens (primary N) is 1. The monoisotopic (exact) mass is 309 g/mol. The van der Waals surface area contributed by atoms with Gasteiger partial charge in [-0.25, -0.2) is 0 Å². The van der Waals surface area contributed by atoms with Crippen molar-refractivity contribution >= 4 is 14.3 Å². The minimum absolute atomic E-state index is 0.0376. The lowest BCUT2D eigenvalue weighted by Crippen LogP contribution is -2.48. The van der Waals surface area contributed by atoms with E-state index in [1.165, 1.54) is 7.11 Å². The van der Waals surface area contributed by atoms with Gasteiger partial charge in [-0.2, -0.15) is 0 Å². The van der Waals surface area contributed by atoms with E-state index >= 15 is 0 Å². The van der Waals surface area contributed by atoms with Gasteiger partial charge in [-0.05, 0) is 23.7 Å². The Morgan fingerprint density at radius 1 is 1.19 bits per heavy atom. The SMILES string of the molecule is COC(=O)[C@H](N)[C@H](O[Si](C)(C)C(C)(C)C)c1ccccc1. The van der Waals surface area contributed by atoms with E-state index in [-0.39, 0.29) is 5.04 Å². The summed E-state index contributed by atoms with van der Waals surface area (Å²) < 4.78 is 11.2. The molecule has 1 aromatic rings. The Bertz CT molecular complexity index is 468. The lowest BCUT2D eigenvalue weighted by Gasteiger charge is -2.40. The molecule has 118 valence electrons. The molecule has 0 unspecified atom stereocenters. The highest BCUT2D eigenvalue weighted by atomic mass is 28.4. The van der Waals surface area contributed by atoms with E-state index in [0.29, 0.717) is 0 Å². The zero-order valence-corrected chi connectivity index (χ0v) is 14.8. The molecule has 5 heteroatoms. The molecular formula is C16H27NO3Si. The maximum atomic E-state index is 11.9. The molecule has 0 aliphatic rings. The van der Waals surface area contributed by atoms with E-state index < -0.39 is 26.4 Å². The van der Waals surface area contributed by atoms with Gasteiger partial charge in [0.05, 0.1) is 13.2 Å². The van der Waals surface area contributed by atoms with Crippen molar-refractivity contribution in [3.05, 3.63) is 35.9 Å². The van der Waals surface area contributed by atoms with Gasteiger partial charge >= 0.3 is 5.97 Å². The Kier molecular flexibility index (Phi) is 5.73. The zero-order valence-electron chi connectivity index (χ0n) is 13.8.